The Labute approximate surface area is 121 Å². The number of nitrogens with zero attached hydrogens (tertiary/aromatic N) is 1. The maximum absolute atomic E-state index is 11.9. The summed E-state index contributed by atoms with van der Waals surface area (Å²) < 4.78 is 2.11. The topological polar surface area (TPSA) is 38.0 Å². The number of hydrogen-bond donors (Lipinski definition) is 0. The van der Waals surface area contributed by atoms with Crippen molar-refractivity contribution in [3.8, 4) is 0 Å². The lowest BCUT2D eigenvalue weighted by atomic mass is 10.1. The number of para-hydroxylation sites is 1. The zero-order valence-electron chi connectivity index (χ0n) is 12.1. The summed E-state index contributed by atoms with van der Waals surface area (Å²) >= 11 is 0. The Morgan fingerprint density at radius 2 is 1.71 bits per heavy atom. The molecule has 0 aliphatic carbocycles. The summed E-state index contributed by atoms with van der Waals surface area (Å²) in [6.45, 7) is 4.54. The summed E-state index contributed by atoms with van der Waals surface area (Å²) in [5, 5.41) is 1.72. The molecular weight excluding hydrogens is 262 g/mol. The predicted molar refractivity (Wildman–Crippen MR) is 84.1 cm³/mol. The first kappa shape index (κ1) is 13.4. The molecule has 3 aromatic rings. The van der Waals surface area contributed by atoms with Crippen LogP contribution in [0.25, 0.3) is 23.1 Å². The van der Waals surface area contributed by atoms with E-state index in [0.29, 0.717) is 5.22 Å². The van der Waals surface area contributed by atoms with Gasteiger partial charge in [0, 0.05) is 23.6 Å². The van der Waals surface area contributed by atoms with E-state index in [1.165, 1.54) is 0 Å². The lowest BCUT2D eigenvalue weighted by molar-refractivity contribution is -0.669. The molecule has 1 heterocycles. The highest BCUT2D eigenvalue weighted by atomic mass is 16.1. The van der Waals surface area contributed by atoms with Gasteiger partial charge in [-0.15, -0.1) is 0 Å². The van der Waals surface area contributed by atoms with Crippen LogP contribution in [-0.4, -0.2) is 0 Å². The molecule has 2 aromatic carbocycles. The van der Waals surface area contributed by atoms with Crippen LogP contribution in [0.1, 0.15) is 19.5 Å². The van der Waals surface area contributed by atoms with E-state index in [2.05, 4.69) is 17.6 Å². The van der Waals surface area contributed by atoms with Crippen molar-refractivity contribution in [1.82, 2.24) is 0 Å². The Bertz CT molecular complexity index is 990. The zero-order chi connectivity index (χ0) is 15.0. The van der Waals surface area contributed by atoms with E-state index >= 15 is 0 Å². The van der Waals surface area contributed by atoms with Crippen molar-refractivity contribution >= 4 is 23.1 Å². The van der Waals surface area contributed by atoms with E-state index in [0.717, 1.165) is 23.1 Å². The van der Waals surface area contributed by atoms with E-state index in [1.807, 2.05) is 30.3 Å². The zero-order valence-corrected chi connectivity index (χ0v) is 12.1. The fraction of sp³-hybridized carbons (Fsp3) is 0.167. The second kappa shape index (κ2) is 5.09. The van der Waals surface area contributed by atoms with Crippen molar-refractivity contribution in [2.45, 2.75) is 20.4 Å². The van der Waals surface area contributed by atoms with Gasteiger partial charge in [-0.3, -0.25) is 9.59 Å². The normalized spacial score (nSPS) is 11.0. The van der Waals surface area contributed by atoms with Gasteiger partial charge >= 0.3 is 0 Å². The Morgan fingerprint density at radius 3 is 2.38 bits per heavy atom. The minimum Gasteiger partial charge on any atom is -0.288 e. The molecule has 0 atom stereocenters. The number of hydrogen-bond acceptors (Lipinski definition) is 2. The quantitative estimate of drug-likeness (QED) is 0.635. The lowest BCUT2D eigenvalue weighted by Gasteiger charge is -2.02. The molecule has 0 aliphatic rings. The summed E-state index contributed by atoms with van der Waals surface area (Å²) in [6.07, 6.45) is 3.28. The standard InChI is InChI=1S/C18H16NO2/c1-3-14-17(20)15(18(14)21)11-13-10-9-12-7-5-6-8-16(12)19(13)4-2/h3,5-11H,4H2,1-2H3/q+1. The number of aromatic nitrogens is 1. The first-order valence-electron chi connectivity index (χ1n) is 7.06. The van der Waals surface area contributed by atoms with Crippen molar-refractivity contribution in [3.05, 3.63) is 73.0 Å². The van der Waals surface area contributed by atoms with Crippen LogP contribution in [0, 0.1) is 0 Å². The van der Waals surface area contributed by atoms with Gasteiger partial charge in [-0.1, -0.05) is 18.2 Å². The number of benzene rings is 1. The van der Waals surface area contributed by atoms with Gasteiger partial charge in [-0.05, 0) is 26.0 Å². The molecule has 104 valence electrons. The number of rotatable bonds is 2. The van der Waals surface area contributed by atoms with Gasteiger partial charge in [-0.2, -0.15) is 4.57 Å². The maximum Gasteiger partial charge on any atom is 0.212 e. The van der Waals surface area contributed by atoms with Crippen molar-refractivity contribution < 1.29 is 4.57 Å². The van der Waals surface area contributed by atoms with Gasteiger partial charge in [0.25, 0.3) is 0 Å². The summed E-state index contributed by atoms with van der Waals surface area (Å²) in [5.74, 6) is 0. The summed E-state index contributed by atoms with van der Waals surface area (Å²) in [5.41, 5.74) is 1.67. The van der Waals surface area contributed by atoms with Crippen LogP contribution < -0.4 is 25.9 Å². The van der Waals surface area contributed by atoms with Gasteiger partial charge in [-0.25, -0.2) is 0 Å². The van der Waals surface area contributed by atoms with Crippen LogP contribution in [-0.2, 0) is 6.54 Å². The second-order valence-electron chi connectivity index (χ2n) is 4.98. The molecule has 0 N–H and O–H groups in total. The molecule has 0 amide bonds. The fourth-order valence-corrected chi connectivity index (χ4v) is 2.73. The SMILES string of the molecule is CC=c1c(=O)c(=Cc2ccc3ccccc3[n+]2CC)c1=O. The number of aryl methyl sites for hydroxylation is 1. The average Bonchev–Trinajstić information content (AvgIpc) is 2.52. The number of pyridine rings is 1. The first-order chi connectivity index (χ1) is 10.2. The Hall–Kier alpha value is -2.55. The molecule has 0 radical (unpaired) electrons. The molecule has 3 heteroatoms. The van der Waals surface area contributed by atoms with Crippen LogP contribution in [0.5, 0.6) is 0 Å². The van der Waals surface area contributed by atoms with Crippen LogP contribution in [0.2, 0.25) is 0 Å². The van der Waals surface area contributed by atoms with Gasteiger partial charge in [0.15, 0.2) is 0 Å². The van der Waals surface area contributed by atoms with E-state index < -0.39 is 0 Å². The Morgan fingerprint density at radius 1 is 1.00 bits per heavy atom. The third kappa shape index (κ3) is 2.02. The highest BCUT2D eigenvalue weighted by Crippen LogP contribution is 2.10. The van der Waals surface area contributed by atoms with Gasteiger partial charge < -0.3 is 0 Å². The van der Waals surface area contributed by atoms with Gasteiger partial charge in [0.05, 0.1) is 10.4 Å². The fourth-order valence-electron chi connectivity index (χ4n) is 2.73. The molecule has 0 unspecified atom stereocenters. The van der Waals surface area contributed by atoms with E-state index in [1.54, 1.807) is 19.1 Å². The molecule has 0 fully saturated rings. The Kier molecular flexibility index (Phi) is 3.26. The smallest absolute Gasteiger partial charge is 0.212 e. The summed E-state index contributed by atoms with van der Waals surface area (Å²) in [7, 11) is 0. The van der Waals surface area contributed by atoms with Crippen molar-refractivity contribution in [2.75, 3.05) is 0 Å². The van der Waals surface area contributed by atoms with Gasteiger partial charge in [0.1, 0.15) is 6.54 Å². The minimum atomic E-state index is -0.154. The molecule has 1 aromatic heterocycles. The minimum absolute atomic E-state index is 0.154. The summed E-state index contributed by atoms with van der Waals surface area (Å²) in [6, 6.07) is 12.0. The lowest BCUT2D eigenvalue weighted by Crippen LogP contribution is -2.64. The maximum atomic E-state index is 11.9. The molecule has 21 heavy (non-hydrogen) atoms. The van der Waals surface area contributed by atoms with Gasteiger partial charge in [0.2, 0.25) is 22.1 Å². The molecule has 0 aliphatic heterocycles. The van der Waals surface area contributed by atoms with Crippen LogP contribution >= 0.6 is 0 Å². The molecular formula is C18H16NO2+. The molecule has 3 rings (SSSR count). The third-order valence-corrected chi connectivity index (χ3v) is 3.85. The summed E-state index contributed by atoms with van der Waals surface area (Å²) in [4.78, 5) is 23.8. The van der Waals surface area contributed by atoms with Crippen molar-refractivity contribution in [3.63, 3.8) is 0 Å². The van der Waals surface area contributed by atoms with Crippen LogP contribution in [0.3, 0.4) is 0 Å². The Balaban J connectivity index is 2.32. The van der Waals surface area contributed by atoms with Crippen LogP contribution in [0.4, 0.5) is 0 Å². The van der Waals surface area contributed by atoms with E-state index in [-0.39, 0.29) is 16.1 Å². The van der Waals surface area contributed by atoms with E-state index in [4.69, 9.17) is 0 Å². The average molecular weight is 278 g/mol. The molecule has 0 saturated heterocycles. The molecule has 0 saturated carbocycles. The predicted octanol–water partition coefficient (Wildman–Crippen LogP) is 0.372. The monoisotopic (exact) mass is 278 g/mol. The third-order valence-electron chi connectivity index (χ3n) is 3.85. The van der Waals surface area contributed by atoms with Crippen molar-refractivity contribution in [1.29, 1.82) is 0 Å². The largest absolute Gasteiger partial charge is 0.288 e. The first-order valence-corrected chi connectivity index (χ1v) is 7.06. The molecule has 3 nitrogen and oxygen atoms in total. The van der Waals surface area contributed by atoms with Crippen molar-refractivity contribution in [2.24, 2.45) is 0 Å². The molecule has 0 bridgehead atoms. The van der Waals surface area contributed by atoms with Crippen LogP contribution in [0.15, 0.2) is 46.0 Å². The molecule has 0 spiro atoms. The highest BCUT2D eigenvalue weighted by molar-refractivity contribution is 5.76. The van der Waals surface area contributed by atoms with E-state index in [9.17, 15) is 9.59 Å². The second-order valence-corrected chi connectivity index (χ2v) is 4.98. The highest BCUT2D eigenvalue weighted by Gasteiger charge is 2.14. The number of fused-ring (bicyclic) bond motifs is 1.